The number of anilines is 1. The lowest BCUT2D eigenvalue weighted by Crippen LogP contribution is -2.31. The van der Waals surface area contributed by atoms with E-state index in [-0.39, 0.29) is 11.9 Å². The molecule has 2 saturated heterocycles. The summed E-state index contributed by atoms with van der Waals surface area (Å²) in [7, 11) is 1.95. The van der Waals surface area contributed by atoms with E-state index in [4.69, 9.17) is 4.98 Å². The van der Waals surface area contributed by atoms with Crippen LogP contribution in [0.25, 0.3) is 11.3 Å². The Morgan fingerprint density at radius 1 is 1.03 bits per heavy atom. The first-order valence-corrected chi connectivity index (χ1v) is 10.7. The summed E-state index contributed by atoms with van der Waals surface area (Å²) in [6.45, 7) is 2.77. The summed E-state index contributed by atoms with van der Waals surface area (Å²) in [6.07, 6.45) is 7.98. The Hall–Kier alpha value is -3.22. The van der Waals surface area contributed by atoms with Crippen LogP contribution >= 0.6 is 0 Å². The van der Waals surface area contributed by atoms with E-state index < -0.39 is 0 Å². The van der Waals surface area contributed by atoms with Gasteiger partial charge in [-0.2, -0.15) is 5.10 Å². The lowest BCUT2D eigenvalue weighted by molar-refractivity contribution is 0.0731. The fraction of sp³-hybridized carbons (Fsp3) is 0.391. The molecule has 0 saturated carbocycles. The average Bonchev–Trinajstić information content (AvgIpc) is 3.54. The van der Waals surface area contributed by atoms with Crippen molar-refractivity contribution < 1.29 is 4.79 Å². The van der Waals surface area contributed by atoms with Crippen molar-refractivity contribution >= 4 is 11.9 Å². The van der Waals surface area contributed by atoms with Crippen molar-refractivity contribution in [3.05, 3.63) is 60.0 Å². The highest BCUT2D eigenvalue weighted by Gasteiger charge is 2.34. The van der Waals surface area contributed by atoms with Gasteiger partial charge in [0.25, 0.3) is 5.91 Å². The lowest BCUT2D eigenvalue weighted by atomic mass is 10.0. The highest BCUT2D eigenvalue weighted by atomic mass is 16.2. The maximum absolute atomic E-state index is 13.2. The number of hydrogen-bond donors (Lipinski definition) is 0. The van der Waals surface area contributed by atoms with Gasteiger partial charge < -0.3 is 9.80 Å². The van der Waals surface area contributed by atoms with Crippen LogP contribution in [0.5, 0.6) is 0 Å². The van der Waals surface area contributed by atoms with Crippen molar-refractivity contribution in [3.63, 3.8) is 0 Å². The number of aromatic nitrogens is 4. The molecule has 2 aromatic heterocycles. The quantitative estimate of drug-likeness (QED) is 0.669. The van der Waals surface area contributed by atoms with Gasteiger partial charge in [0.2, 0.25) is 5.95 Å². The average molecular weight is 403 g/mol. The smallest absolute Gasteiger partial charge is 0.254 e. The predicted octanol–water partition coefficient (Wildman–Crippen LogP) is 3.45. The Kier molecular flexibility index (Phi) is 4.94. The summed E-state index contributed by atoms with van der Waals surface area (Å²) in [5, 5.41) is 4.54. The van der Waals surface area contributed by atoms with E-state index in [9.17, 15) is 4.79 Å². The SMILES string of the molecule is Cn1ncc(-c2ccnc(N3CCCC3)n2)c1[C@@H]1CCCN1C(=O)c1ccccc1. The van der Waals surface area contributed by atoms with Crippen molar-refractivity contribution in [1.82, 2.24) is 24.6 Å². The molecular weight excluding hydrogens is 376 g/mol. The van der Waals surface area contributed by atoms with Crippen molar-refractivity contribution in [3.8, 4) is 11.3 Å². The van der Waals surface area contributed by atoms with Crippen LogP contribution in [0, 0.1) is 0 Å². The molecule has 0 bridgehead atoms. The van der Waals surface area contributed by atoms with E-state index >= 15 is 0 Å². The number of nitrogens with zero attached hydrogens (tertiary/aromatic N) is 6. The van der Waals surface area contributed by atoms with Gasteiger partial charge in [-0.05, 0) is 43.9 Å². The van der Waals surface area contributed by atoms with Crippen molar-refractivity contribution in [2.24, 2.45) is 7.05 Å². The van der Waals surface area contributed by atoms with Crippen LogP contribution in [0.15, 0.2) is 48.8 Å². The molecule has 3 aromatic rings. The fourth-order valence-electron chi connectivity index (χ4n) is 4.65. The predicted molar refractivity (Wildman–Crippen MR) is 115 cm³/mol. The third kappa shape index (κ3) is 3.34. The second-order valence-corrected chi connectivity index (χ2v) is 8.03. The van der Waals surface area contributed by atoms with E-state index in [2.05, 4.69) is 15.0 Å². The second-order valence-electron chi connectivity index (χ2n) is 8.03. The van der Waals surface area contributed by atoms with Gasteiger partial charge in [-0.25, -0.2) is 9.97 Å². The number of hydrogen-bond acceptors (Lipinski definition) is 5. The minimum absolute atomic E-state index is 0.00888. The van der Waals surface area contributed by atoms with Crippen LogP contribution in [-0.4, -0.2) is 50.2 Å². The van der Waals surface area contributed by atoms with Crippen LogP contribution in [0.2, 0.25) is 0 Å². The number of aryl methyl sites for hydroxylation is 1. The molecule has 0 spiro atoms. The maximum Gasteiger partial charge on any atom is 0.254 e. The first kappa shape index (κ1) is 18.8. The molecule has 154 valence electrons. The minimum Gasteiger partial charge on any atom is -0.341 e. The Bertz CT molecular complexity index is 1040. The molecular formula is C23H26N6O. The molecule has 0 N–H and O–H groups in total. The Morgan fingerprint density at radius 2 is 1.83 bits per heavy atom. The monoisotopic (exact) mass is 402 g/mol. The summed E-state index contributed by atoms with van der Waals surface area (Å²) < 4.78 is 1.90. The zero-order valence-electron chi connectivity index (χ0n) is 17.2. The zero-order chi connectivity index (χ0) is 20.5. The molecule has 7 nitrogen and oxygen atoms in total. The van der Waals surface area contributed by atoms with Gasteiger partial charge in [-0.15, -0.1) is 0 Å². The normalized spacial score (nSPS) is 18.9. The number of benzene rings is 1. The van der Waals surface area contributed by atoms with E-state index in [1.165, 1.54) is 12.8 Å². The summed E-state index contributed by atoms with van der Waals surface area (Å²) in [5.41, 5.74) is 3.63. The molecule has 7 heteroatoms. The fourth-order valence-corrected chi connectivity index (χ4v) is 4.65. The third-order valence-corrected chi connectivity index (χ3v) is 6.14. The number of likely N-dealkylation sites (tertiary alicyclic amines) is 1. The molecule has 2 aliphatic rings. The van der Waals surface area contributed by atoms with E-state index in [1.807, 2.05) is 65.4 Å². The van der Waals surface area contributed by atoms with Crippen LogP contribution in [0.1, 0.15) is 47.8 Å². The van der Waals surface area contributed by atoms with Crippen molar-refractivity contribution in [2.75, 3.05) is 24.5 Å². The molecule has 1 amide bonds. The Balaban J connectivity index is 1.50. The minimum atomic E-state index is -0.00888. The summed E-state index contributed by atoms with van der Waals surface area (Å²) in [5.74, 6) is 0.856. The van der Waals surface area contributed by atoms with Crippen LogP contribution in [-0.2, 0) is 7.05 Å². The summed E-state index contributed by atoms with van der Waals surface area (Å²) in [4.78, 5) is 26.8. The molecule has 2 aliphatic heterocycles. The van der Waals surface area contributed by atoms with Gasteiger partial charge in [0.05, 0.1) is 23.6 Å². The molecule has 5 rings (SSSR count). The zero-order valence-corrected chi connectivity index (χ0v) is 17.2. The second kappa shape index (κ2) is 7.89. The van der Waals surface area contributed by atoms with Crippen molar-refractivity contribution in [2.45, 2.75) is 31.7 Å². The highest BCUT2D eigenvalue weighted by Crippen LogP contribution is 2.38. The number of rotatable bonds is 4. The van der Waals surface area contributed by atoms with E-state index in [1.54, 1.807) is 0 Å². The molecule has 30 heavy (non-hydrogen) atoms. The van der Waals surface area contributed by atoms with Gasteiger partial charge in [-0.1, -0.05) is 18.2 Å². The Labute approximate surface area is 176 Å². The third-order valence-electron chi connectivity index (χ3n) is 6.14. The Morgan fingerprint density at radius 3 is 2.63 bits per heavy atom. The van der Waals surface area contributed by atoms with Gasteiger partial charge in [-0.3, -0.25) is 9.48 Å². The highest BCUT2D eigenvalue weighted by molar-refractivity contribution is 5.94. The molecule has 0 unspecified atom stereocenters. The molecule has 1 aromatic carbocycles. The molecule has 4 heterocycles. The largest absolute Gasteiger partial charge is 0.341 e. The standard InChI is InChI=1S/C23H26N6O/c1-27-21(20-10-7-15-29(20)22(30)17-8-3-2-4-9-17)18(16-25-27)19-11-12-24-23(26-19)28-13-5-6-14-28/h2-4,8-9,11-12,16,20H,5-7,10,13-15H2,1H3/t20-/m0/s1. The molecule has 0 aliphatic carbocycles. The molecule has 2 fully saturated rings. The summed E-state index contributed by atoms with van der Waals surface area (Å²) in [6, 6.07) is 11.5. The van der Waals surface area contributed by atoms with Crippen LogP contribution in [0.4, 0.5) is 5.95 Å². The number of carbonyl (C=O) groups excluding carboxylic acids is 1. The first-order valence-electron chi connectivity index (χ1n) is 10.7. The first-order chi connectivity index (χ1) is 14.7. The number of amides is 1. The van der Waals surface area contributed by atoms with Crippen LogP contribution in [0.3, 0.4) is 0 Å². The van der Waals surface area contributed by atoms with Gasteiger partial charge in [0.15, 0.2) is 0 Å². The number of carbonyl (C=O) groups is 1. The molecule has 1 atom stereocenters. The van der Waals surface area contributed by atoms with E-state index in [0.717, 1.165) is 60.9 Å². The van der Waals surface area contributed by atoms with Gasteiger partial charge in [0, 0.05) is 44.0 Å². The lowest BCUT2D eigenvalue weighted by Gasteiger charge is -2.26. The van der Waals surface area contributed by atoms with Gasteiger partial charge >= 0.3 is 0 Å². The van der Waals surface area contributed by atoms with Crippen LogP contribution < -0.4 is 4.90 Å². The van der Waals surface area contributed by atoms with E-state index in [0.29, 0.717) is 0 Å². The topological polar surface area (TPSA) is 67.2 Å². The molecule has 0 radical (unpaired) electrons. The van der Waals surface area contributed by atoms with Gasteiger partial charge in [0.1, 0.15) is 0 Å². The van der Waals surface area contributed by atoms with Crippen molar-refractivity contribution in [1.29, 1.82) is 0 Å². The maximum atomic E-state index is 13.2. The summed E-state index contributed by atoms with van der Waals surface area (Å²) >= 11 is 0.